The van der Waals surface area contributed by atoms with Gasteiger partial charge in [-0.2, -0.15) is 13.2 Å². The van der Waals surface area contributed by atoms with Crippen molar-refractivity contribution in [2.45, 2.75) is 39.7 Å². The van der Waals surface area contributed by atoms with E-state index in [4.69, 9.17) is 0 Å². The van der Waals surface area contributed by atoms with Crippen LogP contribution in [-0.4, -0.2) is 13.4 Å². The molecule has 0 N–H and O–H groups in total. The van der Waals surface area contributed by atoms with Crippen LogP contribution in [-0.2, 0) is 16.0 Å². The maximum Gasteiger partial charge on any atom is 0.416 e. The van der Waals surface area contributed by atoms with Crippen molar-refractivity contribution in [2.24, 2.45) is 0 Å². The molecule has 0 aliphatic heterocycles. The Balaban J connectivity index is 2.13. The average molecular weight is 423 g/mol. The molecule has 0 saturated carbocycles. The lowest BCUT2D eigenvalue weighted by atomic mass is 10.2. The third-order valence-corrected chi connectivity index (χ3v) is 7.01. The van der Waals surface area contributed by atoms with Crippen molar-refractivity contribution >= 4 is 21.6 Å². The van der Waals surface area contributed by atoms with Crippen molar-refractivity contribution < 1.29 is 21.6 Å². The van der Waals surface area contributed by atoms with Crippen LogP contribution in [0.4, 0.5) is 13.2 Å². The summed E-state index contributed by atoms with van der Waals surface area (Å²) in [6, 6.07) is 14.3. The number of hydrogen-bond donors (Lipinski definition) is 0. The van der Waals surface area contributed by atoms with Gasteiger partial charge in [0.15, 0.2) is 0 Å². The number of benzene rings is 2. The Morgan fingerprint density at radius 2 is 1.61 bits per heavy atom. The van der Waals surface area contributed by atoms with Gasteiger partial charge in [-0.05, 0) is 55.8 Å². The molecule has 0 saturated heterocycles. The minimum absolute atomic E-state index is 0.00621. The zero-order valence-corrected chi connectivity index (χ0v) is 16.6. The van der Waals surface area contributed by atoms with Gasteiger partial charge in [-0.15, -0.1) is 0 Å². The van der Waals surface area contributed by atoms with E-state index in [9.17, 15) is 21.6 Å². The van der Waals surface area contributed by atoms with Gasteiger partial charge in [0, 0.05) is 10.6 Å². The van der Waals surface area contributed by atoms with E-state index in [-0.39, 0.29) is 19.7 Å². The molecule has 3 aromatic rings. The molecule has 1 aromatic heterocycles. The highest BCUT2D eigenvalue weighted by molar-refractivity contribution is 8.00. The molecule has 0 aliphatic carbocycles. The molecule has 3 nitrogen and oxygen atoms in total. The largest absolute Gasteiger partial charge is 0.416 e. The predicted molar refractivity (Wildman–Crippen MR) is 101 cm³/mol. The van der Waals surface area contributed by atoms with Crippen molar-refractivity contribution in [3.05, 3.63) is 77.5 Å². The molecule has 0 bridgehead atoms. The second kappa shape index (κ2) is 7.60. The van der Waals surface area contributed by atoms with E-state index in [1.165, 1.54) is 24.3 Å². The van der Waals surface area contributed by atoms with Gasteiger partial charge in [0.05, 0.1) is 10.5 Å². The Morgan fingerprint density at radius 1 is 0.929 bits per heavy atom. The summed E-state index contributed by atoms with van der Waals surface area (Å²) in [6.07, 6.45) is -4.48. The van der Waals surface area contributed by atoms with Crippen molar-refractivity contribution in [2.75, 3.05) is 0 Å². The van der Waals surface area contributed by atoms with E-state index in [1.807, 2.05) is 0 Å². The molecular formula is C20H16F3NO2S2. The van der Waals surface area contributed by atoms with Gasteiger partial charge in [0.2, 0.25) is 9.84 Å². The van der Waals surface area contributed by atoms with Crippen LogP contribution in [0, 0.1) is 13.8 Å². The highest BCUT2D eigenvalue weighted by atomic mass is 32.2. The van der Waals surface area contributed by atoms with Gasteiger partial charge in [-0.25, -0.2) is 13.4 Å². The first kappa shape index (κ1) is 20.4. The Hall–Kier alpha value is -2.32. The molecule has 3 rings (SSSR count). The zero-order chi connectivity index (χ0) is 20.5. The molecule has 0 amide bonds. The maximum absolute atomic E-state index is 13.2. The van der Waals surface area contributed by atoms with Gasteiger partial charge in [0.25, 0.3) is 0 Å². The first-order chi connectivity index (χ1) is 13.1. The first-order valence-electron chi connectivity index (χ1n) is 8.22. The van der Waals surface area contributed by atoms with Crippen LogP contribution < -0.4 is 0 Å². The van der Waals surface area contributed by atoms with Gasteiger partial charge < -0.3 is 0 Å². The number of halogens is 3. The lowest BCUT2D eigenvalue weighted by molar-refractivity contribution is -0.137. The molecule has 0 aliphatic rings. The summed E-state index contributed by atoms with van der Waals surface area (Å²) in [5, 5.41) is 0.153. The van der Waals surface area contributed by atoms with Gasteiger partial charge in [-0.1, -0.05) is 36.0 Å². The van der Waals surface area contributed by atoms with Crippen LogP contribution in [0.15, 0.2) is 80.4 Å². The van der Waals surface area contributed by atoms with Crippen LogP contribution in [0.2, 0.25) is 0 Å². The summed E-state index contributed by atoms with van der Waals surface area (Å²) >= 11 is 0.904. The molecule has 0 radical (unpaired) electrons. The third kappa shape index (κ3) is 4.23. The second-order valence-electron chi connectivity index (χ2n) is 6.16. The van der Waals surface area contributed by atoms with E-state index in [2.05, 4.69) is 4.98 Å². The van der Waals surface area contributed by atoms with Crippen molar-refractivity contribution in [1.29, 1.82) is 0 Å². The van der Waals surface area contributed by atoms with Gasteiger partial charge >= 0.3 is 6.18 Å². The Bertz CT molecular complexity index is 1110. The highest BCUT2D eigenvalue weighted by Gasteiger charge is 2.31. The number of aromatic nitrogens is 1. The lowest BCUT2D eigenvalue weighted by Gasteiger charge is -2.14. The molecule has 28 heavy (non-hydrogen) atoms. The predicted octanol–water partition coefficient (Wildman–Crippen LogP) is 5.70. The maximum atomic E-state index is 13.2. The average Bonchev–Trinajstić information content (AvgIpc) is 2.61. The summed E-state index contributed by atoms with van der Waals surface area (Å²) in [5.41, 5.74) is 0.277. The van der Waals surface area contributed by atoms with E-state index < -0.39 is 21.6 Å². The fourth-order valence-corrected chi connectivity index (χ4v) is 5.71. The van der Waals surface area contributed by atoms with Crippen molar-refractivity contribution in [1.82, 2.24) is 4.98 Å². The molecule has 0 fully saturated rings. The monoisotopic (exact) mass is 423 g/mol. The molecule has 0 atom stereocenters. The summed E-state index contributed by atoms with van der Waals surface area (Å²) < 4.78 is 65.4. The first-order valence-corrected chi connectivity index (χ1v) is 10.5. The summed E-state index contributed by atoms with van der Waals surface area (Å²) in [4.78, 5) is 4.69. The zero-order valence-electron chi connectivity index (χ0n) is 15.0. The Kier molecular flexibility index (Phi) is 5.54. The molecule has 0 spiro atoms. The van der Waals surface area contributed by atoms with E-state index in [0.717, 1.165) is 23.9 Å². The summed E-state index contributed by atoms with van der Waals surface area (Å²) in [7, 11) is -3.88. The standard InChI is InChI=1S/C20H16F3NO2S2/c1-13-11-14(2)24-19(18(13)28(25,26)17-9-4-3-5-10-17)27-16-8-6-7-15(12-16)20(21,22)23/h3-12H,1-2H3. The quantitative estimate of drug-likeness (QED) is 0.540. The van der Waals surface area contributed by atoms with E-state index >= 15 is 0 Å². The van der Waals surface area contributed by atoms with E-state index in [1.54, 1.807) is 38.1 Å². The topological polar surface area (TPSA) is 47.0 Å². The van der Waals surface area contributed by atoms with E-state index in [0.29, 0.717) is 11.3 Å². The number of nitrogens with zero attached hydrogens (tertiary/aromatic N) is 1. The van der Waals surface area contributed by atoms with Crippen LogP contribution in [0.5, 0.6) is 0 Å². The fraction of sp³-hybridized carbons (Fsp3) is 0.150. The van der Waals surface area contributed by atoms with Crippen molar-refractivity contribution in [3.63, 3.8) is 0 Å². The van der Waals surface area contributed by atoms with Crippen LogP contribution in [0.1, 0.15) is 16.8 Å². The summed E-state index contributed by atoms with van der Waals surface area (Å²) in [6.45, 7) is 3.36. The Labute approximate surface area is 165 Å². The molecule has 0 unspecified atom stereocenters. The number of rotatable bonds is 4. The highest BCUT2D eigenvalue weighted by Crippen LogP contribution is 2.38. The van der Waals surface area contributed by atoms with Gasteiger partial charge in [-0.3, -0.25) is 0 Å². The van der Waals surface area contributed by atoms with Crippen molar-refractivity contribution in [3.8, 4) is 0 Å². The van der Waals surface area contributed by atoms with Gasteiger partial charge in [0.1, 0.15) is 9.92 Å². The number of alkyl halides is 3. The smallest absolute Gasteiger partial charge is 0.245 e. The summed E-state index contributed by atoms with van der Waals surface area (Å²) in [5.74, 6) is 0. The molecule has 8 heteroatoms. The molecule has 2 aromatic carbocycles. The number of hydrogen-bond acceptors (Lipinski definition) is 4. The third-order valence-electron chi connectivity index (χ3n) is 3.95. The normalized spacial score (nSPS) is 12.2. The minimum Gasteiger partial charge on any atom is -0.245 e. The SMILES string of the molecule is Cc1cc(C)c(S(=O)(=O)c2ccccc2)c(Sc2cccc(C(F)(F)F)c2)n1. The van der Waals surface area contributed by atoms with Crippen LogP contribution >= 0.6 is 11.8 Å². The second-order valence-corrected chi connectivity index (χ2v) is 9.11. The van der Waals surface area contributed by atoms with Crippen LogP contribution in [0.3, 0.4) is 0 Å². The lowest BCUT2D eigenvalue weighted by Crippen LogP contribution is -2.08. The fourth-order valence-electron chi connectivity index (χ4n) is 2.75. The number of sulfone groups is 1. The molecule has 1 heterocycles. The number of aryl methyl sites for hydroxylation is 2. The van der Waals surface area contributed by atoms with Crippen LogP contribution in [0.25, 0.3) is 0 Å². The molecular weight excluding hydrogens is 407 g/mol. The number of pyridine rings is 1. The minimum atomic E-state index is -4.48. The Morgan fingerprint density at radius 3 is 2.25 bits per heavy atom. The molecule has 146 valence electrons.